The van der Waals surface area contributed by atoms with Gasteiger partial charge in [0.15, 0.2) is 0 Å². The number of hydrogen-bond acceptors (Lipinski definition) is 3. The summed E-state index contributed by atoms with van der Waals surface area (Å²) >= 11 is 5.95. The molecule has 0 atom stereocenters. The summed E-state index contributed by atoms with van der Waals surface area (Å²) in [4.78, 5) is 6.68. The fraction of sp³-hybridized carbons (Fsp3) is 0.615. The van der Waals surface area contributed by atoms with Crippen molar-refractivity contribution < 1.29 is 0 Å². The monoisotopic (exact) mass is 253 g/mol. The Hall–Kier alpha value is -0.640. The minimum Gasteiger partial charge on any atom is -0.317 e. The molecule has 0 radical (unpaired) electrons. The lowest BCUT2D eigenvalue weighted by atomic mass is 9.98. The van der Waals surface area contributed by atoms with E-state index in [0.29, 0.717) is 0 Å². The van der Waals surface area contributed by atoms with Gasteiger partial charge in [0.1, 0.15) is 0 Å². The van der Waals surface area contributed by atoms with Gasteiger partial charge in [-0.2, -0.15) is 0 Å². The largest absolute Gasteiger partial charge is 0.317 e. The molecule has 1 aliphatic rings. The van der Waals surface area contributed by atoms with Crippen molar-refractivity contribution in [2.24, 2.45) is 5.92 Å². The second-order valence-corrected chi connectivity index (χ2v) is 5.29. The van der Waals surface area contributed by atoms with E-state index < -0.39 is 0 Å². The highest BCUT2D eigenvalue weighted by molar-refractivity contribution is 6.30. The first-order valence-electron chi connectivity index (χ1n) is 6.24. The van der Waals surface area contributed by atoms with Crippen LogP contribution < -0.4 is 5.32 Å². The highest BCUT2D eigenvalue weighted by Crippen LogP contribution is 2.14. The summed E-state index contributed by atoms with van der Waals surface area (Å²) in [6.45, 7) is 4.35. The molecule has 4 heteroatoms. The summed E-state index contributed by atoms with van der Waals surface area (Å²) in [6, 6.07) is 3.76. The molecule has 1 saturated heterocycles. The highest BCUT2D eigenvalue weighted by Gasteiger charge is 2.15. The van der Waals surface area contributed by atoms with Crippen LogP contribution in [0.15, 0.2) is 18.3 Å². The molecular formula is C13H20ClN3. The third-order valence-electron chi connectivity index (χ3n) is 3.24. The van der Waals surface area contributed by atoms with Crippen molar-refractivity contribution in [2.75, 3.05) is 26.7 Å². The van der Waals surface area contributed by atoms with E-state index in [-0.39, 0.29) is 0 Å². The van der Waals surface area contributed by atoms with Gasteiger partial charge in [-0.15, -0.1) is 0 Å². The quantitative estimate of drug-likeness (QED) is 0.892. The molecule has 1 aromatic rings. The summed E-state index contributed by atoms with van der Waals surface area (Å²) in [6.07, 6.45) is 4.34. The van der Waals surface area contributed by atoms with Gasteiger partial charge in [-0.1, -0.05) is 11.6 Å². The predicted octanol–water partition coefficient (Wildman–Crippen LogP) is 2.17. The van der Waals surface area contributed by atoms with Crippen LogP contribution in [0, 0.1) is 5.92 Å². The third-order valence-corrected chi connectivity index (χ3v) is 3.47. The summed E-state index contributed by atoms with van der Waals surface area (Å²) in [5.74, 6) is 0.820. The zero-order valence-electron chi connectivity index (χ0n) is 10.3. The molecule has 94 valence electrons. The summed E-state index contributed by atoms with van der Waals surface area (Å²) < 4.78 is 0. The topological polar surface area (TPSA) is 28.2 Å². The first-order valence-corrected chi connectivity index (χ1v) is 6.61. The molecule has 0 aliphatic carbocycles. The Morgan fingerprint density at radius 3 is 2.94 bits per heavy atom. The lowest BCUT2D eigenvalue weighted by Crippen LogP contribution is -2.34. The van der Waals surface area contributed by atoms with Gasteiger partial charge in [0.05, 0.1) is 5.69 Å². The fourth-order valence-corrected chi connectivity index (χ4v) is 2.56. The number of nitrogens with zero attached hydrogens (tertiary/aromatic N) is 2. The Bertz CT molecular complexity index is 350. The minimum atomic E-state index is 0.769. The molecular weight excluding hydrogens is 234 g/mol. The summed E-state index contributed by atoms with van der Waals surface area (Å²) in [5, 5.41) is 4.17. The van der Waals surface area contributed by atoms with Crippen LogP contribution in [0.5, 0.6) is 0 Å². The van der Waals surface area contributed by atoms with E-state index in [4.69, 9.17) is 11.6 Å². The molecule has 3 nitrogen and oxygen atoms in total. The first-order chi connectivity index (χ1) is 8.24. The Morgan fingerprint density at radius 1 is 1.47 bits per heavy atom. The number of rotatable bonds is 4. The second kappa shape index (κ2) is 6.34. The minimum absolute atomic E-state index is 0.769. The van der Waals surface area contributed by atoms with Gasteiger partial charge in [0.2, 0.25) is 0 Å². The van der Waals surface area contributed by atoms with Gasteiger partial charge < -0.3 is 10.2 Å². The summed E-state index contributed by atoms with van der Waals surface area (Å²) in [7, 11) is 2.16. The number of pyridine rings is 1. The molecule has 0 unspecified atom stereocenters. The van der Waals surface area contributed by atoms with Crippen molar-refractivity contribution in [1.82, 2.24) is 15.2 Å². The SMILES string of the molecule is CN(Cc1cc(Cl)ccn1)CC1CCNCC1. The molecule has 0 amide bonds. The van der Waals surface area contributed by atoms with E-state index in [1.165, 1.54) is 12.8 Å². The first kappa shape index (κ1) is 12.8. The average Bonchev–Trinajstić information content (AvgIpc) is 2.30. The molecule has 17 heavy (non-hydrogen) atoms. The molecule has 2 rings (SSSR count). The highest BCUT2D eigenvalue weighted by atomic mass is 35.5. The van der Waals surface area contributed by atoms with Crippen LogP contribution in [-0.4, -0.2) is 36.6 Å². The van der Waals surface area contributed by atoms with Crippen LogP contribution in [-0.2, 0) is 6.54 Å². The predicted molar refractivity (Wildman–Crippen MR) is 71.2 cm³/mol. The van der Waals surface area contributed by atoms with E-state index in [0.717, 1.165) is 42.8 Å². The van der Waals surface area contributed by atoms with Gasteiger partial charge in [-0.25, -0.2) is 0 Å². The van der Waals surface area contributed by atoms with Crippen molar-refractivity contribution in [2.45, 2.75) is 19.4 Å². The molecule has 0 saturated carbocycles. The third kappa shape index (κ3) is 4.26. The average molecular weight is 254 g/mol. The standard InChI is InChI=1S/C13H20ClN3/c1-17(9-11-2-5-15-6-3-11)10-13-8-12(14)4-7-16-13/h4,7-8,11,15H,2-3,5-6,9-10H2,1H3. The number of halogens is 1. The zero-order valence-corrected chi connectivity index (χ0v) is 11.1. The van der Waals surface area contributed by atoms with Crippen LogP contribution in [0.2, 0.25) is 5.02 Å². The second-order valence-electron chi connectivity index (χ2n) is 4.86. The van der Waals surface area contributed by atoms with E-state index in [1.54, 1.807) is 6.20 Å². The molecule has 0 bridgehead atoms. The van der Waals surface area contributed by atoms with Crippen molar-refractivity contribution in [1.29, 1.82) is 0 Å². The van der Waals surface area contributed by atoms with Crippen molar-refractivity contribution >= 4 is 11.6 Å². The maximum absolute atomic E-state index is 5.95. The van der Waals surface area contributed by atoms with E-state index >= 15 is 0 Å². The van der Waals surface area contributed by atoms with Crippen molar-refractivity contribution in [3.63, 3.8) is 0 Å². The molecule has 0 aromatic carbocycles. The fourth-order valence-electron chi connectivity index (χ4n) is 2.38. The molecule has 1 N–H and O–H groups in total. The van der Waals surface area contributed by atoms with Gasteiger partial charge in [-0.05, 0) is 51.0 Å². The van der Waals surface area contributed by atoms with E-state index in [1.807, 2.05) is 12.1 Å². The molecule has 1 aromatic heterocycles. The molecule has 1 aliphatic heterocycles. The molecule has 2 heterocycles. The molecule has 0 spiro atoms. The smallest absolute Gasteiger partial charge is 0.0558 e. The number of aromatic nitrogens is 1. The Kier molecular flexibility index (Phi) is 4.77. The number of nitrogens with one attached hydrogen (secondary N) is 1. The number of piperidine rings is 1. The van der Waals surface area contributed by atoms with E-state index in [2.05, 4.69) is 22.2 Å². The Balaban J connectivity index is 1.82. The van der Waals surface area contributed by atoms with Crippen molar-refractivity contribution in [3.05, 3.63) is 29.0 Å². The zero-order chi connectivity index (χ0) is 12.1. The van der Waals surface area contributed by atoms with Gasteiger partial charge in [0, 0.05) is 24.3 Å². The van der Waals surface area contributed by atoms with E-state index in [9.17, 15) is 0 Å². The van der Waals surface area contributed by atoms with Crippen molar-refractivity contribution in [3.8, 4) is 0 Å². The number of hydrogen-bond donors (Lipinski definition) is 1. The van der Waals surface area contributed by atoms with Gasteiger partial charge in [0.25, 0.3) is 0 Å². The van der Waals surface area contributed by atoms with Crippen LogP contribution in [0.25, 0.3) is 0 Å². The Morgan fingerprint density at radius 2 is 2.24 bits per heavy atom. The lowest BCUT2D eigenvalue weighted by Gasteiger charge is -2.27. The van der Waals surface area contributed by atoms with Crippen LogP contribution in [0.1, 0.15) is 18.5 Å². The van der Waals surface area contributed by atoms with Crippen LogP contribution in [0.4, 0.5) is 0 Å². The van der Waals surface area contributed by atoms with Gasteiger partial charge in [-0.3, -0.25) is 4.98 Å². The lowest BCUT2D eigenvalue weighted by molar-refractivity contribution is 0.233. The van der Waals surface area contributed by atoms with Crippen LogP contribution >= 0.6 is 11.6 Å². The normalized spacial score (nSPS) is 17.6. The van der Waals surface area contributed by atoms with Crippen LogP contribution in [0.3, 0.4) is 0 Å². The Labute approximate surface area is 108 Å². The van der Waals surface area contributed by atoms with Gasteiger partial charge >= 0.3 is 0 Å². The maximum atomic E-state index is 5.95. The summed E-state index contributed by atoms with van der Waals surface area (Å²) in [5.41, 5.74) is 1.05. The molecule has 1 fully saturated rings. The maximum Gasteiger partial charge on any atom is 0.0558 e.